The lowest BCUT2D eigenvalue weighted by Gasteiger charge is -2.08. The van der Waals surface area contributed by atoms with E-state index < -0.39 is 0 Å². The SMILES string of the molecule is CCCCCCOC(=O)c1ccccc1NC. The van der Waals surface area contributed by atoms with Gasteiger partial charge in [-0.2, -0.15) is 0 Å². The van der Waals surface area contributed by atoms with Crippen LogP contribution in [0.5, 0.6) is 0 Å². The molecule has 1 aromatic rings. The highest BCUT2D eigenvalue weighted by Gasteiger charge is 2.10. The number of nitrogens with one attached hydrogen (secondary N) is 1. The number of anilines is 1. The van der Waals surface area contributed by atoms with Crippen molar-refractivity contribution in [2.24, 2.45) is 0 Å². The van der Waals surface area contributed by atoms with Gasteiger partial charge >= 0.3 is 5.97 Å². The largest absolute Gasteiger partial charge is 0.462 e. The lowest BCUT2D eigenvalue weighted by molar-refractivity contribution is 0.0499. The maximum Gasteiger partial charge on any atom is 0.340 e. The summed E-state index contributed by atoms with van der Waals surface area (Å²) in [5.41, 5.74) is 1.41. The number of benzene rings is 1. The van der Waals surface area contributed by atoms with Crippen LogP contribution in [-0.4, -0.2) is 19.6 Å². The van der Waals surface area contributed by atoms with Crippen LogP contribution in [0.4, 0.5) is 5.69 Å². The first-order chi connectivity index (χ1) is 8.29. The molecule has 94 valence electrons. The lowest BCUT2D eigenvalue weighted by atomic mass is 10.2. The molecule has 0 atom stereocenters. The number of ether oxygens (including phenoxy) is 1. The molecule has 0 aromatic heterocycles. The monoisotopic (exact) mass is 235 g/mol. The summed E-state index contributed by atoms with van der Waals surface area (Å²) in [6, 6.07) is 7.38. The zero-order valence-corrected chi connectivity index (χ0v) is 10.7. The predicted octanol–water partition coefficient (Wildman–Crippen LogP) is 3.47. The van der Waals surface area contributed by atoms with E-state index in [-0.39, 0.29) is 5.97 Å². The highest BCUT2D eigenvalue weighted by atomic mass is 16.5. The van der Waals surface area contributed by atoms with Crippen molar-refractivity contribution in [2.75, 3.05) is 19.0 Å². The second-order valence-electron chi connectivity index (χ2n) is 3.99. The fourth-order valence-electron chi connectivity index (χ4n) is 1.65. The Hall–Kier alpha value is -1.51. The van der Waals surface area contributed by atoms with Gasteiger partial charge in [0.1, 0.15) is 0 Å². The first-order valence-corrected chi connectivity index (χ1v) is 6.23. The third-order valence-electron chi connectivity index (χ3n) is 2.65. The summed E-state index contributed by atoms with van der Waals surface area (Å²) in [6.07, 6.45) is 4.46. The van der Waals surface area contributed by atoms with Crippen molar-refractivity contribution in [3.05, 3.63) is 29.8 Å². The average Bonchev–Trinajstić information content (AvgIpc) is 2.38. The number of carbonyl (C=O) groups is 1. The number of rotatable bonds is 7. The maximum absolute atomic E-state index is 11.8. The van der Waals surface area contributed by atoms with Gasteiger partial charge < -0.3 is 10.1 Å². The number of esters is 1. The zero-order chi connectivity index (χ0) is 12.5. The Labute approximate surface area is 103 Å². The highest BCUT2D eigenvalue weighted by molar-refractivity contribution is 5.95. The van der Waals surface area contributed by atoms with Crippen molar-refractivity contribution in [3.8, 4) is 0 Å². The molecule has 0 aliphatic rings. The van der Waals surface area contributed by atoms with Gasteiger partial charge in [0, 0.05) is 12.7 Å². The zero-order valence-electron chi connectivity index (χ0n) is 10.7. The van der Waals surface area contributed by atoms with Crippen molar-refractivity contribution in [1.82, 2.24) is 0 Å². The van der Waals surface area contributed by atoms with Gasteiger partial charge in [0.2, 0.25) is 0 Å². The van der Waals surface area contributed by atoms with Crippen molar-refractivity contribution >= 4 is 11.7 Å². The van der Waals surface area contributed by atoms with E-state index in [1.165, 1.54) is 12.8 Å². The smallest absolute Gasteiger partial charge is 0.340 e. The molecule has 3 nitrogen and oxygen atoms in total. The molecular formula is C14H21NO2. The number of unbranched alkanes of at least 4 members (excludes halogenated alkanes) is 3. The number of hydrogen-bond acceptors (Lipinski definition) is 3. The predicted molar refractivity (Wildman–Crippen MR) is 70.4 cm³/mol. The quantitative estimate of drug-likeness (QED) is 0.581. The van der Waals surface area contributed by atoms with E-state index >= 15 is 0 Å². The van der Waals surface area contributed by atoms with Gasteiger partial charge in [0.25, 0.3) is 0 Å². The van der Waals surface area contributed by atoms with Gasteiger partial charge in [0.05, 0.1) is 12.2 Å². The van der Waals surface area contributed by atoms with Gasteiger partial charge in [-0.25, -0.2) is 4.79 Å². The molecule has 1 aromatic carbocycles. The van der Waals surface area contributed by atoms with Crippen LogP contribution in [0.15, 0.2) is 24.3 Å². The molecule has 0 fully saturated rings. The summed E-state index contributed by atoms with van der Waals surface area (Å²) in [7, 11) is 1.80. The van der Waals surface area contributed by atoms with E-state index in [1.807, 2.05) is 18.2 Å². The summed E-state index contributed by atoms with van der Waals surface area (Å²) in [5.74, 6) is -0.244. The fraction of sp³-hybridized carbons (Fsp3) is 0.500. The molecule has 1 N–H and O–H groups in total. The van der Waals surface area contributed by atoms with Crippen molar-refractivity contribution in [3.63, 3.8) is 0 Å². The molecule has 0 saturated heterocycles. The Bertz CT molecular complexity index is 350. The normalized spacial score (nSPS) is 10.0. The summed E-state index contributed by atoms with van der Waals surface area (Å²) in [4.78, 5) is 11.8. The molecule has 0 spiro atoms. The van der Waals surface area contributed by atoms with Gasteiger partial charge in [-0.15, -0.1) is 0 Å². The van der Waals surface area contributed by atoms with Crippen LogP contribution in [0.3, 0.4) is 0 Å². The van der Waals surface area contributed by atoms with Gasteiger partial charge in [-0.05, 0) is 18.6 Å². The Morgan fingerprint density at radius 1 is 1.24 bits per heavy atom. The molecular weight excluding hydrogens is 214 g/mol. The Kier molecular flexibility index (Phi) is 6.15. The molecule has 0 radical (unpaired) electrons. The van der Waals surface area contributed by atoms with Gasteiger partial charge in [0.15, 0.2) is 0 Å². The molecule has 0 bridgehead atoms. The number of carbonyl (C=O) groups excluding carboxylic acids is 1. The molecule has 0 aliphatic heterocycles. The molecule has 0 amide bonds. The Morgan fingerprint density at radius 3 is 2.71 bits per heavy atom. The molecule has 0 heterocycles. The first kappa shape index (κ1) is 13.6. The summed E-state index contributed by atoms with van der Waals surface area (Å²) in [6.45, 7) is 2.67. The second-order valence-corrected chi connectivity index (χ2v) is 3.99. The molecule has 3 heteroatoms. The van der Waals surface area contributed by atoms with Crippen molar-refractivity contribution in [1.29, 1.82) is 0 Å². The van der Waals surface area contributed by atoms with Crippen molar-refractivity contribution in [2.45, 2.75) is 32.6 Å². The highest BCUT2D eigenvalue weighted by Crippen LogP contribution is 2.15. The fourth-order valence-corrected chi connectivity index (χ4v) is 1.65. The standard InChI is InChI=1S/C14H21NO2/c1-3-4-5-8-11-17-14(16)12-9-6-7-10-13(12)15-2/h6-7,9-10,15H,3-5,8,11H2,1-2H3. The minimum atomic E-state index is -0.244. The topological polar surface area (TPSA) is 38.3 Å². The van der Waals surface area contributed by atoms with Crippen LogP contribution >= 0.6 is 0 Å². The van der Waals surface area contributed by atoms with E-state index in [0.29, 0.717) is 12.2 Å². The minimum absolute atomic E-state index is 0.244. The lowest BCUT2D eigenvalue weighted by Crippen LogP contribution is -2.09. The van der Waals surface area contributed by atoms with E-state index in [9.17, 15) is 4.79 Å². The Morgan fingerprint density at radius 2 is 2.00 bits per heavy atom. The second kappa shape index (κ2) is 7.71. The summed E-state index contributed by atoms with van der Waals surface area (Å²) < 4.78 is 5.24. The van der Waals surface area contributed by atoms with Crippen LogP contribution in [0.1, 0.15) is 43.0 Å². The van der Waals surface area contributed by atoms with Crippen LogP contribution < -0.4 is 5.32 Å². The minimum Gasteiger partial charge on any atom is -0.462 e. The third kappa shape index (κ3) is 4.47. The van der Waals surface area contributed by atoms with Crippen LogP contribution in [0, 0.1) is 0 Å². The molecule has 0 unspecified atom stereocenters. The number of para-hydroxylation sites is 1. The van der Waals surface area contributed by atoms with Crippen LogP contribution in [0.25, 0.3) is 0 Å². The maximum atomic E-state index is 11.8. The van der Waals surface area contributed by atoms with Crippen molar-refractivity contribution < 1.29 is 9.53 Å². The van der Waals surface area contributed by atoms with E-state index in [2.05, 4.69) is 12.2 Å². The summed E-state index contributed by atoms with van der Waals surface area (Å²) in [5, 5.41) is 2.99. The molecule has 17 heavy (non-hydrogen) atoms. The van der Waals surface area contributed by atoms with E-state index in [4.69, 9.17) is 4.74 Å². The Balaban J connectivity index is 2.41. The van der Waals surface area contributed by atoms with Crippen LogP contribution in [0.2, 0.25) is 0 Å². The third-order valence-corrected chi connectivity index (χ3v) is 2.65. The van der Waals surface area contributed by atoms with Gasteiger partial charge in [-0.3, -0.25) is 0 Å². The van der Waals surface area contributed by atoms with Gasteiger partial charge in [-0.1, -0.05) is 38.3 Å². The summed E-state index contributed by atoms with van der Waals surface area (Å²) >= 11 is 0. The van der Waals surface area contributed by atoms with E-state index in [0.717, 1.165) is 18.5 Å². The average molecular weight is 235 g/mol. The molecule has 1 rings (SSSR count). The molecule has 0 saturated carbocycles. The van der Waals surface area contributed by atoms with Crippen LogP contribution in [-0.2, 0) is 4.74 Å². The first-order valence-electron chi connectivity index (χ1n) is 6.23. The van der Waals surface area contributed by atoms with E-state index in [1.54, 1.807) is 13.1 Å². The number of hydrogen-bond donors (Lipinski definition) is 1. The molecule has 0 aliphatic carbocycles.